The van der Waals surface area contributed by atoms with Crippen molar-refractivity contribution in [3.63, 3.8) is 0 Å². The molecule has 9 heteroatoms. The van der Waals surface area contributed by atoms with E-state index in [-0.39, 0.29) is 23.4 Å². The molecule has 4 rings (SSSR count). The maximum Gasteiger partial charge on any atom is 0.257 e. The summed E-state index contributed by atoms with van der Waals surface area (Å²) in [5.74, 6) is 0.532. The summed E-state index contributed by atoms with van der Waals surface area (Å²) in [6.45, 7) is 6.34. The summed E-state index contributed by atoms with van der Waals surface area (Å²) in [7, 11) is 0. The SMILES string of the molecule is CCCC(=O)N1CCc2c(nc([C@H]3CCCCN3C(=O)c3cnn(CCC)c3)[nH]c2=O)C1. The number of hydrogen-bond acceptors (Lipinski definition) is 5. The summed E-state index contributed by atoms with van der Waals surface area (Å²) in [5.41, 5.74) is 1.72. The lowest BCUT2D eigenvalue weighted by molar-refractivity contribution is -0.132. The van der Waals surface area contributed by atoms with E-state index in [2.05, 4.69) is 17.0 Å². The maximum absolute atomic E-state index is 13.3. The van der Waals surface area contributed by atoms with Gasteiger partial charge in [-0.05, 0) is 38.5 Å². The Morgan fingerprint density at radius 2 is 2.03 bits per heavy atom. The fourth-order valence-corrected chi connectivity index (χ4v) is 4.65. The monoisotopic (exact) mass is 440 g/mol. The second kappa shape index (κ2) is 9.67. The largest absolute Gasteiger partial charge is 0.336 e. The molecule has 172 valence electrons. The second-order valence-corrected chi connectivity index (χ2v) is 8.69. The Bertz CT molecular complexity index is 1040. The van der Waals surface area contributed by atoms with E-state index in [0.29, 0.717) is 55.1 Å². The number of likely N-dealkylation sites (tertiary alicyclic amines) is 1. The van der Waals surface area contributed by atoms with Crippen molar-refractivity contribution in [1.82, 2.24) is 29.5 Å². The molecule has 0 saturated carbocycles. The van der Waals surface area contributed by atoms with Gasteiger partial charge in [-0.2, -0.15) is 5.10 Å². The Hall–Kier alpha value is -2.97. The molecule has 2 amide bonds. The van der Waals surface area contributed by atoms with Gasteiger partial charge in [0, 0.05) is 37.8 Å². The van der Waals surface area contributed by atoms with Gasteiger partial charge in [0.2, 0.25) is 5.91 Å². The van der Waals surface area contributed by atoms with Gasteiger partial charge in [0.25, 0.3) is 11.5 Å². The van der Waals surface area contributed by atoms with Crippen molar-refractivity contribution in [2.24, 2.45) is 0 Å². The van der Waals surface area contributed by atoms with Gasteiger partial charge in [-0.3, -0.25) is 19.1 Å². The zero-order valence-electron chi connectivity index (χ0n) is 19.0. The summed E-state index contributed by atoms with van der Waals surface area (Å²) >= 11 is 0. The minimum Gasteiger partial charge on any atom is -0.336 e. The smallest absolute Gasteiger partial charge is 0.257 e. The summed E-state index contributed by atoms with van der Waals surface area (Å²) in [6, 6.07) is -0.287. The number of rotatable bonds is 6. The van der Waals surface area contributed by atoms with Crippen LogP contribution in [0.25, 0.3) is 0 Å². The first-order valence-corrected chi connectivity index (χ1v) is 11.7. The Morgan fingerprint density at radius 3 is 2.81 bits per heavy atom. The van der Waals surface area contributed by atoms with E-state index in [9.17, 15) is 14.4 Å². The lowest BCUT2D eigenvalue weighted by Gasteiger charge is -2.35. The van der Waals surface area contributed by atoms with E-state index < -0.39 is 0 Å². The van der Waals surface area contributed by atoms with E-state index in [1.54, 1.807) is 22.0 Å². The minimum absolute atomic E-state index is 0.0860. The molecule has 0 bridgehead atoms. The number of carbonyl (C=O) groups excluding carboxylic acids is 2. The highest BCUT2D eigenvalue weighted by Crippen LogP contribution is 2.30. The third-order valence-corrected chi connectivity index (χ3v) is 6.32. The highest BCUT2D eigenvalue weighted by atomic mass is 16.2. The molecule has 0 spiro atoms. The molecule has 0 aromatic carbocycles. The fourth-order valence-electron chi connectivity index (χ4n) is 4.65. The number of hydrogen-bond donors (Lipinski definition) is 1. The van der Waals surface area contributed by atoms with Crippen LogP contribution in [0.1, 0.15) is 85.9 Å². The van der Waals surface area contributed by atoms with Crippen molar-refractivity contribution in [1.29, 1.82) is 0 Å². The lowest BCUT2D eigenvalue weighted by Crippen LogP contribution is -2.42. The van der Waals surface area contributed by atoms with E-state index >= 15 is 0 Å². The molecule has 2 aliphatic heterocycles. The molecule has 4 heterocycles. The van der Waals surface area contributed by atoms with E-state index in [1.165, 1.54) is 0 Å². The average molecular weight is 441 g/mol. The number of fused-ring (bicyclic) bond motifs is 1. The number of nitrogens with one attached hydrogen (secondary N) is 1. The van der Waals surface area contributed by atoms with Crippen LogP contribution in [-0.2, 0) is 24.3 Å². The van der Waals surface area contributed by atoms with Gasteiger partial charge in [0.15, 0.2) is 0 Å². The molecule has 2 aliphatic rings. The van der Waals surface area contributed by atoms with E-state index in [0.717, 1.165) is 38.6 Å². The first-order valence-electron chi connectivity index (χ1n) is 11.7. The zero-order chi connectivity index (χ0) is 22.7. The quantitative estimate of drug-likeness (QED) is 0.743. The number of piperidine rings is 1. The molecule has 2 aromatic rings. The maximum atomic E-state index is 13.3. The molecular formula is C23H32N6O3. The molecule has 9 nitrogen and oxygen atoms in total. The van der Waals surface area contributed by atoms with Crippen molar-refractivity contribution >= 4 is 11.8 Å². The normalized spacial score (nSPS) is 18.5. The van der Waals surface area contributed by atoms with E-state index in [1.807, 2.05) is 11.8 Å². The molecule has 1 atom stereocenters. The number of carbonyl (C=O) groups is 2. The number of H-pyrrole nitrogens is 1. The molecule has 1 N–H and O–H groups in total. The van der Waals surface area contributed by atoms with Crippen molar-refractivity contribution in [3.8, 4) is 0 Å². The number of nitrogens with zero attached hydrogens (tertiary/aromatic N) is 5. The van der Waals surface area contributed by atoms with Crippen LogP contribution in [0.3, 0.4) is 0 Å². The molecule has 0 radical (unpaired) electrons. The number of aromatic amines is 1. The molecular weight excluding hydrogens is 408 g/mol. The van der Waals surface area contributed by atoms with Gasteiger partial charge in [0.05, 0.1) is 30.0 Å². The van der Waals surface area contributed by atoms with Crippen molar-refractivity contribution in [2.75, 3.05) is 13.1 Å². The van der Waals surface area contributed by atoms with E-state index in [4.69, 9.17) is 4.98 Å². The van der Waals surface area contributed by atoms with Gasteiger partial charge in [-0.1, -0.05) is 13.8 Å². The highest BCUT2D eigenvalue weighted by molar-refractivity contribution is 5.94. The van der Waals surface area contributed by atoms with Gasteiger partial charge < -0.3 is 14.8 Å². The van der Waals surface area contributed by atoms with Crippen LogP contribution < -0.4 is 5.56 Å². The summed E-state index contributed by atoms with van der Waals surface area (Å²) in [6.07, 6.45) is 8.78. The van der Waals surface area contributed by atoms with Crippen molar-refractivity contribution < 1.29 is 9.59 Å². The minimum atomic E-state index is -0.287. The predicted molar refractivity (Wildman–Crippen MR) is 119 cm³/mol. The predicted octanol–water partition coefficient (Wildman–Crippen LogP) is 2.43. The molecule has 1 fully saturated rings. The van der Waals surface area contributed by atoms with Crippen LogP contribution in [0.4, 0.5) is 0 Å². The Balaban J connectivity index is 1.60. The van der Waals surface area contributed by atoms with Crippen LogP contribution in [0.15, 0.2) is 17.2 Å². The topological polar surface area (TPSA) is 104 Å². The van der Waals surface area contributed by atoms with Gasteiger partial charge in [-0.15, -0.1) is 0 Å². The van der Waals surface area contributed by atoms with Crippen molar-refractivity contribution in [3.05, 3.63) is 45.4 Å². The van der Waals surface area contributed by atoms with Crippen LogP contribution >= 0.6 is 0 Å². The molecule has 0 unspecified atom stereocenters. The Kier molecular flexibility index (Phi) is 6.72. The van der Waals surface area contributed by atoms with Crippen LogP contribution in [0, 0.1) is 0 Å². The summed E-state index contributed by atoms with van der Waals surface area (Å²) in [4.78, 5) is 49.8. The standard InChI is InChI=1S/C23H32N6O3/c1-3-7-20(30)27-12-9-17-18(15-27)25-21(26-22(17)31)19-8-5-6-11-29(19)23(32)16-13-24-28(14-16)10-4-2/h13-14,19H,3-12,15H2,1-2H3,(H,25,26,31)/t19-/m1/s1. The lowest BCUT2D eigenvalue weighted by atomic mass is 9.99. The third kappa shape index (κ3) is 4.47. The molecule has 0 aliphatic carbocycles. The molecule has 32 heavy (non-hydrogen) atoms. The van der Waals surface area contributed by atoms with Crippen molar-refractivity contribution in [2.45, 2.75) is 77.9 Å². The summed E-state index contributed by atoms with van der Waals surface area (Å²) < 4.78 is 1.78. The first kappa shape index (κ1) is 22.2. The van der Waals surface area contributed by atoms with Gasteiger partial charge >= 0.3 is 0 Å². The highest BCUT2D eigenvalue weighted by Gasteiger charge is 2.33. The Labute approximate surface area is 187 Å². The van der Waals surface area contributed by atoms with Crippen LogP contribution in [0.5, 0.6) is 0 Å². The van der Waals surface area contributed by atoms with Crippen LogP contribution in [-0.4, -0.2) is 54.5 Å². The summed E-state index contributed by atoms with van der Waals surface area (Å²) in [5, 5.41) is 4.29. The first-order chi connectivity index (χ1) is 15.5. The molecule has 1 saturated heterocycles. The average Bonchev–Trinajstić information content (AvgIpc) is 3.27. The van der Waals surface area contributed by atoms with Crippen LogP contribution in [0.2, 0.25) is 0 Å². The number of aryl methyl sites for hydroxylation is 1. The fraction of sp³-hybridized carbons (Fsp3) is 0.609. The number of aromatic nitrogens is 4. The van der Waals surface area contributed by atoms with Gasteiger partial charge in [0.1, 0.15) is 5.82 Å². The number of amides is 2. The third-order valence-electron chi connectivity index (χ3n) is 6.32. The zero-order valence-corrected chi connectivity index (χ0v) is 19.0. The van der Waals surface area contributed by atoms with Gasteiger partial charge in [-0.25, -0.2) is 4.98 Å². The Morgan fingerprint density at radius 1 is 1.19 bits per heavy atom. The second-order valence-electron chi connectivity index (χ2n) is 8.69. The molecule has 2 aromatic heterocycles.